The molecule has 0 aliphatic carbocycles. The van der Waals surface area contributed by atoms with Crippen molar-refractivity contribution in [2.45, 2.75) is 32.7 Å². The molecular weight excluding hydrogens is 296 g/mol. The Balaban J connectivity index is 2.02. The minimum absolute atomic E-state index is 0.00989. The standard InChI is InChI=1S/C16H28N4O3/c1-12(21)18-6-4-15(5-7-18)20-9-8-19(13(2)22)10-14(11-20)16(23)17-3/h14-15H,4-11H2,1-3H3,(H,17,23)/t14-/m0/s1. The summed E-state index contributed by atoms with van der Waals surface area (Å²) < 4.78 is 0. The lowest BCUT2D eigenvalue weighted by Gasteiger charge is -2.38. The smallest absolute Gasteiger partial charge is 0.225 e. The van der Waals surface area contributed by atoms with Gasteiger partial charge in [-0.15, -0.1) is 0 Å². The molecule has 0 unspecified atom stereocenters. The Morgan fingerprint density at radius 1 is 0.870 bits per heavy atom. The molecule has 0 aromatic rings. The summed E-state index contributed by atoms with van der Waals surface area (Å²) in [5.74, 6) is -0.0565. The van der Waals surface area contributed by atoms with Crippen molar-refractivity contribution in [1.29, 1.82) is 0 Å². The molecule has 3 amide bonds. The number of nitrogens with zero attached hydrogens (tertiary/aromatic N) is 3. The zero-order valence-corrected chi connectivity index (χ0v) is 14.4. The summed E-state index contributed by atoms with van der Waals surface area (Å²) in [4.78, 5) is 41.3. The number of piperidine rings is 1. The molecule has 23 heavy (non-hydrogen) atoms. The van der Waals surface area contributed by atoms with Crippen molar-refractivity contribution >= 4 is 17.7 Å². The molecule has 0 aromatic heterocycles. The molecule has 1 N–H and O–H groups in total. The molecule has 2 aliphatic heterocycles. The summed E-state index contributed by atoms with van der Waals surface area (Å²) in [7, 11) is 1.64. The van der Waals surface area contributed by atoms with Crippen molar-refractivity contribution in [1.82, 2.24) is 20.0 Å². The summed E-state index contributed by atoms with van der Waals surface area (Å²) in [6.45, 7) is 7.33. The van der Waals surface area contributed by atoms with Crippen LogP contribution in [0.4, 0.5) is 0 Å². The fourth-order valence-corrected chi connectivity index (χ4v) is 3.57. The zero-order chi connectivity index (χ0) is 17.0. The summed E-state index contributed by atoms with van der Waals surface area (Å²) in [6, 6.07) is 0.379. The molecule has 0 saturated carbocycles. The van der Waals surface area contributed by atoms with Gasteiger partial charge in [-0.25, -0.2) is 0 Å². The van der Waals surface area contributed by atoms with Crippen LogP contribution in [0.15, 0.2) is 0 Å². The molecule has 2 rings (SSSR count). The number of amides is 3. The Hall–Kier alpha value is -1.63. The Kier molecular flexibility index (Phi) is 5.98. The van der Waals surface area contributed by atoms with Crippen molar-refractivity contribution in [3.05, 3.63) is 0 Å². The molecule has 1 atom stereocenters. The summed E-state index contributed by atoms with van der Waals surface area (Å²) in [5.41, 5.74) is 0. The highest BCUT2D eigenvalue weighted by atomic mass is 16.2. The molecule has 0 bridgehead atoms. The highest BCUT2D eigenvalue weighted by molar-refractivity contribution is 5.80. The van der Waals surface area contributed by atoms with Crippen molar-refractivity contribution in [3.8, 4) is 0 Å². The number of likely N-dealkylation sites (tertiary alicyclic amines) is 1. The lowest BCUT2D eigenvalue weighted by Crippen LogP contribution is -2.49. The van der Waals surface area contributed by atoms with E-state index in [1.807, 2.05) is 4.90 Å². The van der Waals surface area contributed by atoms with Gasteiger partial charge in [-0.05, 0) is 12.8 Å². The van der Waals surface area contributed by atoms with Gasteiger partial charge >= 0.3 is 0 Å². The summed E-state index contributed by atoms with van der Waals surface area (Å²) in [6.07, 6.45) is 1.86. The van der Waals surface area contributed by atoms with E-state index in [0.29, 0.717) is 25.7 Å². The Bertz CT molecular complexity index is 460. The molecule has 130 valence electrons. The molecule has 2 saturated heterocycles. The van der Waals surface area contributed by atoms with Crippen molar-refractivity contribution in [2.75, 3.05) is 46.3 Å². The van der Waals surface area contributed by atoms with Crippen LogP contribution in [0.1, 0.15) is 26.7 Å². The lowest BCUT2D eigenvalue weighted by atomic mass is 10.0. The fourth-order valence-electron chi connectivity index (χ4n) is 3.57. The second-order valence-electron chi connectivity index (χ2n) is 6.51. The predicted octanol–water partition coefficient (Wildman–Crippen LogP) is -0.476. The van der Waals surface area contributed by atoms with Gasteiger partial charge in [0.15, 0.2) is 0 Å². The monoisotopic (exact) mass is 324 g/mol. The zero-order valence-electron chi connectivity index (χ0n) is 14.4. The van der Waals surface area contributed by atoms with E-state index < -0.39 is 0 Å². The third kappa shape index (κ3) is 4.43. The van der Waals surface area contributed by atoms with Gasteiger partial charge in [0.2, 0.25) is 17.7 Å². The van der Waals surface area contributed by atoms with Gasteiger partial charge in [0, 0.05) is 66.2 Å². The second-order valence-corrected chi connectivity index (χ2v) is 6.51. The molecule has 0 radical (unpaired) electrons. The average Bonchev–Trinajstić information content (AvgIpc) is 2.77. The van der Waals surface area contributed by atoms with E-state index in [1.165, 1.54) is 0 Å². The van der Waals surface area contributed by atoms with Gasteiger partial charge in [-0.2, -0.15) is 0 Å². The van der Waals surface area contributed by atoms with Gasteiger partial charge in [0.25, 0.3) is 0 Å². The summed E-state index contributed by atoms with van der Waals surface area (Å²) >= 11 is 0. The number of hydrogen-bond acceptors (Lipinski definition) is 4. The van der Waals surface area contributed by atoms with E-state index in [-0.39, 0.29) is 23.6 Å². The maximum absolute atomic E-state index is 12.1. The predicted molar refractivity (Wildman–Crippen MR) is 86.7 cm³/mol. The Labute approximate surface area is 138 Å². The van der Waals surface area contributed by atoms with Crippen LogP contribution in [-0.4, -0.2) is 84.8 Å². The van der Waals surface area contributed by atoms with Gasteiger partial charge in [0.05, 0.1) is 5.92 Å². The minimum atomic E-state index is -0.197. The first kappa shape index (κ1) is 17.7. The lowest BCUT2D eigenvalue weighted by molar-refractivity contribution is -0.131. The van der Waals surface area contributed by atoms with Crippen molar-refractivity contribution < 1.29 is 14.4 Å². The number of carbonyl (C=O) groups is 3. The molecular formula is C16H28N4O3. The van der Waals surface area contributed by atoms with Crippen LogP contribution in [0.2, 0.25) is 0 Å². The topological polar surface area (TPSA) is 73.0 Å². The molecule has 2 heterocycles. The van der Waals surface area contributed by atoms with E-state index in [0.717, 1.165) is 32.5 Å². The molecule has 7 heteroatoms. The Morgan fingerprint density at radius 2 is 1.48 bits per heavy atom. The highest BCUT2D eigenvalue weighted by Gasteiger charge is 2.33. The van der Waals surface area contributed by atoms with E-state index in [9.17, 15) is 14.4 Å². The van der Waals surface area contributed by atoms with Crippen molar-refractivity contribution in [3.63, 3.8) is 0 Å². The maximum Gasteiger partial charge on any atom is 0.225 e. The van der Waals surface area contributed by atoms with Gasteiger partial charge in [-0.1, -0.05) is 0 Å². The number of hydrogen-bond donors (Lipinski definition) is 1. The molecule has 0 aromatic carbocycles. The first-order chi connectivity index (χ1) is 10.9. The molecule has 7 nitrogen and oxygen atoms in total. The fraction of sp³-hybridized carbons (Fsp3) is 0.812. The highest BCUT2D eigenvalue weighted by Crippen LogP contribution is 2.20. The third-order valence-electron chi connectivity index (χ3n) is 5.04. The average molecular weight is 324 g/mol. The van der Waals surface area contributed by atoms with Crippen LogP contribution in [-0.2, 0) is 14.4 Å². The van der Waals surface area contributed by atoms with Crippen molar-refractivity contribution in [2.24, 2.45) is 5.92 Å². The van der Waals surface area contributed by atoms with E-state index in [1.54, 1.807) is 25.8 Å². The first-order valence-electron chi connectivity index (χ1n) is 8.39. The molecule has 2 aliphatic rings. The van der Waals surface area contributed by atoms with Crippen LogP contribution < -0.4 is 5.32 Å². The maximum atomic E-state index is 12.1. The molecule has 2 fully saturated rings. The number of nitrogens with one attached hydrogen (secondary N) is 1. The molecule has 0 spiro atoms. The summed E-state index contributed by atoms with van der Waals surface area (Å²) in [5, 5.41) is 2.71. The largest absolute Gasteiger partial charge is 0.359 e. The van der Waals surface area contributed by atoms with Gasteiger partial charge in [-0.3, -0.25) is 19.3 Å². The quantitative estimate of drug-likeness (QED) is 0.745. The van der Waals surface area contributed by atoms with Gasteiger partial charge in [0.1, 0.15) is 0 Å². The van der Waals surface area contributed by atoms with E-state index in [2.05, 4.69) is 10.2 Å². The minimum Gasteiger partial charge on any atom is -0.359 e. The SMILES string of the molecule is CNC(=O)[C@H]1CN(C(C)=O)CCN(C2CCN(C(C)=O)CC2)C1. The van der Waals surface area contributed by atoms with Crippen LogP contribution in [0, 0.1) is 5.92 Å². The third-order valence-corrected chi connectivity index (χ3v) is 5.04. The van der Waals surface area contributed by atoms with Crippen LogP contribution in [0.25, 0.3) is 0 Å². The first-order valence-corrected chi connectivity index (χ1v) is 8.39. The van der Waals surface area contributed by atoms with Gasteiger partial charge < -0.3 is 15.1 Å². The normalized spacial score (nSPS) is 24.2. The van der Waals surface area contributed by atoms with Crippen LogP contribution in [0.3, 0.4) is 0 Å². The second kappa shape index (κ2) is 7.77. The number of rotatable bonds is 2. The van der Waals surface area contributed by atoms with E-state index >= 15 is 0 Å². The number of carbonyl (C=O) groups excluding carboxylic acids is 3. The van der Waals surface area contributed by atoms with Crippen LogP contribution in [0.5, 0.6) is 0 Å². The van der Waals surface area contributed by atoms with E-state index in [4.69, 9.17) is 0 Å². The Morgan fingerprint density at radius 3 is 2.00 bits per heavy atom. The van der Waals surface area contributed by atoms with Crippen LogP contribution >= 0.6 is 0 Å².